The second kappa shape index (κ2) is 7.61. The van der Waals surface area contributed by atoms with E-state index in [2.05, 4.69) is 10.3 Å². The summed E-state index contributed by atoms with van der Waals surface area (Å²) in [6.07, 6.45) is -2.17. The Bertz CT molecular complexity index is 1230. The fourth-order valence-electron chi connectivity index (χ4n) is 4.81. The predicted molar refractivity (Wildman–Crippen MR) is 108 cm³/mol. The Morgan fingerprint density at radius 2 is 1.88 bits per heavy atom. The van der Waals surface area contributed by atoms with Crippen molar-refractivity contribution in [3.05, 3.63) is 81.5 Å². The summed E-state index contributed by atoms with van der Waals surface area (Å²) in [5.41, 5.74) is 0.317. The SMILES string of the molecule is O=C(c1cn(Cc2ccccc2C(F)(F)F)nn1)N1C[C@@H]2C[C@H](C1)c1cccc(=O)n1C2. The maximum atomic E-state index is 13.2. The van der Waals surface area contributed by atoms with Gasteiger partial charge in [-0.1, -0.05) is 29.5 Å². The van der Waals surface area contributed by atoms with Crippen molar-refractivity contribution >= 4 is 5.91 Å². The molecule has 1 amide bonds. The zero-order valence-corrected chi connectivity index (χ0v) is 17.0. The molecule has 4 heterocycles. The zero-order chi connectivity index (χ0) is 22.5. The van der Waals surface area contributed by atoms with Crippen molar-refractivity contribution in [1.29, 1.82) is 0 Å². The van der Waals surface area contributed by atoms with Gasteiger partial charge in [0.1, 0.15) is 0 Å². The molecule has 3 aromatic rings. The summed E-state index contributed by atoms with van der Waals surface area (Å²) in [6.45, 7) is 1.39. The van der Waals surface area contributed by atoms with Crippen LogP contribution < -0.4 is 5.56 Å². The first-order valence-corrected chi connectivity index (χ1v) is 10.3. The molecule has 2 aromatic heterocycles. The van der Waals surface area contributed by atoms with Crippen LogP contribution in [0.25, 0.3) is 0 Å². The molecule has 2 atom stereocenters. The lowest BCUT2D eigenvalue weighted by molar-refractivity contribution is -0.138. The largest absolute Gasteiger partial charge is 0.416 e. The standard InChI is InChI=1S/C22H20F3N5O2/c23-22(24,25)17-5-2-1-4-15(17)12-29-13-18(26-27-29)21(32)28-9-14-8-16(11-28)19-6-3-7-20(31)30(19)10-14/h1-7,13-14,16H,8-12H2/t14-,16+/m0/s1. The summed E-state index contributed by atoms with van der Waals surface area (Å²) in [6, 6.07) is 10.5. The average Bonchev–Trinajstić information content (AvgIpc) is 3.22. The van der Waals surface area contributed by atoms with Crippen LogP contribution in [0.5, 0.6) is 0 Å². The topological polar surface area (TPSA) is 73.0 Å². The van der Waals surface area contributed by atoms with E-state index in [1.807, 2.05) is 6.07 Å². The molecule has 2 aliphatic rings. The van der Waals surface area contributed by atoms with Crippen LogP contribution in [0.4, 0.5) is 13.2 Å². The van der Waals surface area contributed by atoms with Gasteiger partial charge in [0.25, 0.3) is 11.5 Å². The minimum Gasteiger partial charge on any atom is -0.336 e. The number of hydrogen-bond acceptors (Lipinski definition) is 4. The molecule has 166 valence electrons. The molecule has 32 heavy (non-hydrogen) atoms. The second-order valence-corrected chi connectivity index (χ2v) is 8.36. The van der Waals surface area contributed by atoms with Gasteiger partial charge in [0.05, 0.1) is 18.3 Å². The Morgan fingerprint density at radius 3 is 2.69 bits per heavy atom. The summed E-state index contributed by atoms with van der Waals surface area (Å²) in [5.74, 6) is -0.0742. The van der Waals surface area contributed by atoms with E-state index in [-0.39, 0.29) is 41.1 Å². The monoisotopic (exact) mass is 443 g/mol. The number of carbonyl (C=O) groups excluding carboxylic acids is 1. The first-order chi connectivity index (χ1) is 15.3. The van der Waals surface area contributed by atoms with E-state index in [0.717, 1.165) is 18.2 Å². The summed E-state index contributed by atoms with van der Waals surface area (Å²) < 4.78 is 42.8. The van der Waals surface area contributed by atoms with Gasteiger partial charge in [-0.15, -0.1) is 5.10 Å². The van der Waals surface area contributed by atoms with Gasteiger partial charge in [0, 0.05) is 37.3 Å². The quantitative estimate of drug-likeness (QED) is 0.624. The second-order valence-electron chi connectivity index (χ2n) is 8.36. The molecule has 2 bridgehead atoms. The highest BCUT2D eigenvalue weighted by Crippen LogP contribution is 2.35. The molecule has 1 saturated heterocycles. The number of aromatic nitrogens is 4. The lowest BCUT2D eigenvalue weighted by Crippen LogP contribution is -2.49. The molecule has 0 radical (unpaired) electrons. The van der Waals surface area contributed by atoms with Crippen molar-refractivity contribution in [3.8, 4) is 0 Å². The lowest BCUT2D eigenvalue weighted by Gasteiger charge is -2.42. The molecule has 0 aliphatic carbocycles. The Hall–Kier alpha value is -3.43. The van der Waals surface area contributed by atoms with Crippen molar-refractivity contribution in [2.24, 2.45) is 5.92 Å². The maximum Gasteiger partial charge on any atom is 0.416 e. The van der Waals surface area contributed by atoms with Gasteiger partial charge >= 0.3 is 6.18 Å². The van der Waals surface area contributed by atoms with E-state index in [1.165, 1.54) is 29.1 Å². The lowest BCUT2D eigenvalue weighted by atomic mass is 9.83. The molecular weight excluding hydrogens is 423 g/mol. The number of alkyl halides is 3. The van der Waals surface area contributed by atoms with Gasteiger partial charge in [-0.3, -0.25) is 9.59 Å². The van der Waals surface area contributed by atoms with Crippen LogP contribution in [0.2, 0.25) is 0 Å². The number of fused-ring (bicyclic) bond motifs is 4. The highest BCUT2D eigenvalue weighted by molar-refractivity contribution is 5.92. The number of nitrogens with zero attached hydrogens (tertiary/aromatic N) is 5. The highest BCUT2D eigenvalue weighted by atomic mass is 19.4. The summed E-state index contributed by atoms with van der Waals surface area (Å²) in [5, 5.41) is 7.79. The van der Waals surface area contributed by atoms with E-state index in [4.69, 9.17) is 0 Å². The van der Waals surface area contributed by atoms with Crippen LogP contribution in [0.3, 0.4) is 0 Å². The van der Waals surface area contributed by atoms with E-state index in [0.29, 0.717) is 19.6 Å². The van der Waals surface area contributed by atoms with Gasteiger partial charge in [0.15, 0.2) is 5.69 Å². The van der Waals surface area contributed by atoms with Gasteiger partial charge in [0.2, 0.25) is 0 Å². The van der Waals surface area contributed by atoms with Crippen LogP contribution in [0, 0.1) is 5.92 Å². The van der Waals surface area contributed by atoms with Gasteiger partial charge in [-0.2, -0.15) is 13.2 Å². The minimum absolute atomic E-state index is 0.0287. The molecule has 0 unspecified atom stereocenters. The van der Waals surface area contributed by atoms with Gasteiger partial charge in [-0.05, 0) is 30.0 Å². The fourth-order valence-corrected chi connectivity index (χ4v) is 4.81. The van der Waals surface area contributed by atoms with E-state index in [9.17, 15) is 22.8 Å². The number of pyridine rings is 1. The molecule has 0 spiro atoms. The van der Waals surface area contributed by atoms with Crippen LogP contribution in [0.15, 0.2) is 53.5 Å². The van der Waals surface area contributed by atoms with Gasteiger partial charge < -0.3 is 9.47 Å². The fraction of sp³-hybridized carbons (Fsp3) is 0.364. The van der Waals surface area contributed by atoms with Crippen molar-refractivity contribution in [2.75, 3.05) is 13.1 Å². The van der Waals surface area contributed by atoms with Gasteiger partial charge in [-0.25, -0.2) is 4.68 Å². The molecule has 0 saturated carbocycles. The first kappa shape index (κ1) is 20.5. The third-order valence-corrected chi connectivity index (χ3v) is 6.18. The van der Waals surface area contributed by atoms with Crippen LogP contribution in [-0.2, 0) is 19.3 Å². The smallest absolute Gasteiger partial charge is 0.336 e. The number of benzene rings is 1. The van der Waals surface area contributed by atoms with E-state index < -0.39 is 11.7 Å². The molecule has 2 aliphatic heterocycles. The number of amides is 1. The molecule has 5 rings (SSSR count). The number of piperidine rings is 1. The van der Waals surface area contributed by atoms with Crippen molar-refractivity contribution < 1.29 is 18.0 Å². The van der Waals surface area contributed by atoms with E-state index in [1.54, 1.807) is 21.6 Å². The third kappa shape index (κ3) is 3.69. The average molecular weight is 443 g/mol. The van der Waals surface area contributed by atoms with Crippen LogP contribution in [0.1, 0.15) is 39.6 Å². The Labute approximate surface area is 181 Å². The summed E-state index contributed by atoms with van der Waals surface area (Å²) in [7, 11) is 0. The number of carbonyl (C=O) groups is 1. The van der Waals surface area contributed by atoms with E-state index >= 15 is 0 Å². The van der Waals surface area contributed by atoms with Crippen LogP contribution >= 0.6 is 0 Å². The normalized spacial score (nSPS) is 20.2. The predicted octanol–water partition coefficient (Wildman–Crippen LogP) is 2.77. The van der Waals surface area contributed by atoms with Crippen LogP contribution in [-0.4, -0.2) is 43.5 Å². The summed E-state index contributed by atoms with van der Waals surface area (Å²) in [4.78, 5) is 26.9. The Kier molecular flexibility index (Phi) is 4.87. The number of hydrogen-bond donors (Lipinski definition) is 0. The van der Waals surface area contributed by atoms with Crippen molar-refractivity contribution in [2.45, 2.75) is 31.6 Å². The molecular formula is C22H20F3N5O2. The molecule has 10 heteroatoms. The molecule has 1 fully saturated rings. The summed E-state index contributed by atoms with van der Waals surface area (Å²) >= 11 is 0. The maximum absolute atomic E-state index is 13.2. The third-order valence-electron chi connectivity index (χ3n) is 6.18. The minimum atomic E-state index is -4.47. The molecule has 1 aromatic carbocycles. The number of rotatable bonds is 3. The molecule has 7 nitrogen and oxygen atoms in total. The first-order valence-electron chi connectivity index (χ1n) is 10.3. The van der Waals surface area contributed by atoms with Crippen molar-refractivity contribution in [3.63, 3.8) is 0 Å². The number of halogens is 3. The number of likely N-dealkylation sites (tertiary alicyclic amines) is 1. The Morgan fingerprint density at radius 1 is 1.06 bits per heavy atom. The zero-order valence-electron chi connectivity index (χ0n) is 17.0. The molecule has 0 N–H and O–H groups in total. The van der Waals surface area contributed by atoms with Crippen molar-refractivity contribution in [1.82, 2.24) is 24.5 Å². The highest BCUT2D eigenvalue weighted by Gasteiger charge is 2.37. The Balaban J connectivity index is 1.34.